The van der Waals surface area contributed by atoms with Crippen molar-refractivity contribution in [3.05, 3.63) is 97.9 Å². The van der Waals surface area contributed by atoms with Crippen molar-refractivity contribution in [2.24, 2.45) is 0 Å². The van der Waals surface area contributed by atoms with E-state index in [2.05, 4.69) is 0 Å². The number of amides is 1. The molecular formula is C25H19Cl2NO2S2. The van der Waals surface area contributed by atoms with Gasteiger partial charge in [-0.05, 0) is 61.4 Å². The Bertz CT molecular complexity index is 1240. The minimum absolute atomic E-state index is 0.107. The van der Waals surface area contributed by atoms with Crippen LogP contribution in [0, 0.1) is 13.8 Å². The molecule has 0 saturated carbocycles. The molecular weight excluding hydrogens is 481 g/mol. The van der Waals surface area contributed by atoms with Crippen LogP contribution in [0.5, 0.6) is 5.75 Å². The number of carbonyl (C=O) groups excluding carboxylic acids is 1. The van der Waals surface area contributed by atoms with Gasteiger partial charge >= 0.3 is 0 Å². The number of rotatable bonds is 5. The van der Waals surface area contributed by atoms with E-state index in [1.54, 1.807) is 17.0 Å². The van der Waals surface area contributed by atoms with Crippen LogP contribution < -0.4 is 9.64 Å². The van der Waals surface area contributed by atoms with Gasteiger partial charge in [0.15, 0.2) is 4.32 Å². The average molecular weight is 500 g/mol. The number of carbonyl (C=O) groups is 1. The van der Waals surface area contributed by atoms with E-state index in [1.165, 1.54) is 11.8 Å². The molecule has 1 aliphatic heterocycles. The summed E-state index contributed by atoms with van der Waals surface area (Å²) in [6.45, 7) is 4.35. The van der Waals surface area contributed by atoms with Gasteiger partial charge in [0.05, 0.1) is 10.6 Å². The number of halogens is 2. The van der Waals surface area contributed by atoms with Crippen molar-refractivity contribution in [1.82, 2.24) is 0 Å². The molecule has 1 amide bonds. The highest BCUT2D eigenvalue weighted by Gasteiger charge is 2.34. The van der Waals surface area contributed by atoms with Crippen LogP contribution in [0.3, 0.4) is 0 Å². The minimum atomic E-state index is -0.107. The number of benzene rings is 3. The predicted molar refractivity (Wildman–Crippen MR) is 139 cm³/mol. The molecule has 32 heavy (non-hydrogen) atoms. The summed E-state index contributed by atoms with van der Waals surface area (Å²) in [5.74, 6) is 0.598. The molecule has 3 nitrogen and oxygen atoms in total. The van der Waals surface area contributed by atoms with Gasteiger partial charge in [-0.1, -0.05) is 83.1 Å². The number of nitrogens with zero attached hydrogens (tertiary/aromatic N) is 1. The fraction of sp³-hybridized carbons (Fsp3) is 0.120. The van der Waals surface area contributed by atoms with E-state index >= 15 is 0 Å². The van der Waals surface area contributed by atoms with Gasteiger partial charge in [-0.3, -0.25) is 9.69 Å². The molecule has 0 bridgehead atoms. The largest absolute Gasteiger partial charge is 0.489 e. The van der Waals surface area contributed by atoms with E-state index in [-0.39, 0.29) is 5.91 Å². The zero-order chi connectivity index (χ0) is 22.8. The molecule has 162 valence electrons. The number of aryl methyl sites for hydroxylation is 2. The van der Waals surface area contributed by atoms with Crippen molar-refractivity contribution in [3.8, 4) is 5.75 Å². The Morgan fingerprint density at radius 2 is 1.78 bits per heavy atom. The third-order valence-electron chi connectivity index (χ3n) is 4.97. The van der Waals surface area contributed by atoms with E-state index in [0.717, 1.165) is 27.9 Å². The van der Waals surface area contributed by atoms with Crippen LogP contribution in [-0.2, 0) is 11.4 Å². The fourth-order valence-corrected chi connectivity index (χ4v) is 5.09. The number of anilines is 1. The van der Waals surface area contributed by atoms with Gasteiger partial charge in [-0.2, -0.15) is 0 Å². The van der Waals surface area contributed by atoms with Crippen molar-refractivity contribution in [3.63, 3.8) is 0 Å². The molecule has 1 saturated heterocycles. The first-order valence-electron chi connectivity index (χ1n) is 9.84. The third kappa shape index (κ3) is 5.02. The molecule has 4 rings (SSSR count). The number of hydrogen-bond donors (Lipinski definition) is 0. The lowest BCUT2D eigenvalue weighted by Gasteiger charge is -2.17. The van der Waals surface area contributed by atoms with Gasteiger partial charge < -0.3 is 4.74 Å². The Balaban J connectivity index is 1.47. The number of thiocarbonyl (C=S) groups is 1. The normalized spacial score (nSPS) is 15.0. The molecule has 1 aliphatic rings. The summed E-state index contributed by atoms with van der Waals surface area (Å²) in [7, 11) is 0. The highest BCUT2D eigenvalue weighted by atomic mass is 35.5. The first kappa shape index (κ1) is 22.9. The zero-order valence-corrected chi connectivity index (χ0v) is 20.5. The van der Waals surface area contributed by atoms with Crippen LogP contribution in [0.15, 0.2) is 65.6 Å². The summed E-state index contributed by atoms with van der Waals surface area (Å²) in [5.41, 5.74) is 4.74. The highest BCUT2D eigenvalue weighted by Crippen LogP contribution is 2.37. The van der Waals surface area contributed by atoms with E-state index < -0.39 is 0 Å². The molecule has 3 aromatic rings. The average Bonchev–Trinajstić information content (AvgIpc) is 3.02. The lowest BCUT2D eigenvalue weighted by atomic mass is 10.1. The van der Waals surface area contributed by atoms with Gasteiger partial charge in [0.1, 0.15) is 12.4 Å². The Labute approximate surface area is 207 Å². The molecule has 7 heteroatoms. The van der Waals surface area contributed by atoms with Crippen LogP contribution >= 0.6 is 47.2 Å². The summed E-state index contributed by atoms with van der Waals surface area (Å²) in [6.07, 6.45) is 1.85. The highest BCUT2D eigenvalue weighted by molar-refractivity contribution is 8.27. The molecule has 0 unspecified atom stereocenters. The quantitative estimate of drug-likeness (QED) is 0.267. The maximum Gasteiger partial charge on any atom is 0.270 e. The smallest absolute Gasteiger partial charge is 0.270 e. The van der Waals surface area contributed by atoms with E-state index in [4.69, 9.17) is 40.2 Å². The molecule has 0 spiro atoms. The van der Waals surface area contributed by atoms with Gasteiger partial charge in [-0.15, -0.1) is 0 Å². The molecule has 1 fully saturated rings. The molecule has 0 N–H and O–H groups in total. The monoisotopic (exact) mass is 499 g/mol. The van der Waals surface area contributed by atoms with Crippen LogP contribution in [0.1, 0.15) is 22.3 Å². The third-order valence-corrected chi connectivity index (χ3v) is 6.86. The molecule has 1 heterocycles. The topological polar surface area (TPSA) is 29.5 Å². The Hall–Kier alpha value is -2.31. The van der Waals surface area contributed by atoms with Crippen molar-refractivity contribution >= 4 is 69.2 Å². The Kier molecular flexibility index (Phi) is 6.91. The van der Waals surface area contributed by atoms with Crippen LogP contribution in [0.4, 0.5) is 5.69 Å². The summed E-state index contributed by atoms with van der Waals surface area (Å²) in [6, 6.07) is 18.8. The zero-order valence-electron chi connectivity index (χ0n) is 17.4. The van der Waals surface area contributed by atoms with Crippen LogP contribution in [0.25, 0.3) is 6.08 Å². The molecule has 0 atom stereocenters. The molecule has 0 aromatic heterocycles. The van der Waals surface area contributed by atoms with E-state index in [0.29, 0.717) is 31.6 Å². The summed E-state index contributed by atoms with van der Waals surface area (Å²) < 4.78 is 6.36. The molecule has 3 aromatic carbocycles. The molecule has 0 aliphatic carbocycles. The van der Waals surface area contributed by atoms with Crippen molar-refractivity contribution in [2.75, 3.05) is 4.90 Å². The second kappa shape index (κ2) is 9.67. The fourth-order valence-electron chi connectivity index (χ4n) is 3.34. The lowest BCUT2D eigenvalue weighted by Crippen LogP contribution is -2.28. The maximum atomic E-state index is 13.0. The SMILES string of the molecule is Cc1ccc(N2C(=O)/C(=C\c3ccc(OCc4ccc(Cl)cc4Cl)cc3)SC2=S)c(C)c1. The Morgan fingerprint density at radius 3 is 2.47 bits per heavy atom. The summed E-state index contributed by atoms with van der Waals surface area (Å²) in [4.78, 5) is 15.2. The van der Waals surface area contributed by atoms with Crippen LogP contribution in [0.2, 0.25) is 10.0 Å². The minimum Gasteiger partial charge on any atom is -0.489 e. The van der Waals surface area contributed by atoms with Gasteiger partial charge in [0.25, 0.3) is 5.91 Å². The second-order valence-electron chi connectivity index (χ2n) is 7.40. The van der Waals surface area contributed by atoms with Crippen LogP contribution in [-0.4, -0.2) is 10.2 Å². The summed E-state index contributed by atoms with van der Waals surface area (Å²) in [5, 5.41) is 1.16. The standard InChI is InChI=1S/C25H19Cl2NO2S2/c1-15-3-10-22(16(2)11-15)28-24(29)23(32-25(28)31)12-17-4-8-20(9-5-17)30-14-18-6-7-19(26)13-21(18)27/h3-13H,14H2,1-2H3/b23-12+. The lowest BCUT2D eigenvalue weighted by molar-refractivity contribution is -0.113. The van der Waals surface area contributed by atoms with Gasteiger partial charge in [-0.25, -0.2) is 0 Å². The Morgan fingerprint density at radius 1 is 1.03 bits per heavy atom. The van der Waals surface area contributed by atoms with Gasteiger partial charge in [0, 0.05) is 15.6 Å². The van der Waals surface area contributed by atoms with Crippen molar-refractivity contribution < 1.29 is 9.53 Å². The first-order valence-corrected chi connectivity index (χ1v) is 11.8. The van der Waals surface area contributed by atoms with Gasteiger partial charge in [0.2, 0.25) is 0 Å². The van der Waals surface area contributed by atoms with Crippen molar-refractivity contribution in [1.29, 1.82) is 0 Å². The number of thioether (sulfide) groups is 1. The maximum absolute atomic E-state index is 13.0. The van der Waals surface area contributed by atoms with E-state index in [9.17, 15) is 4.79 Å². The number of hydrogen-bond acceptors (Lipinski definition) is 4. The second-order valence-corrected chi connectivity index (χ2v) is 9.92. The van der Waals surface area contributed by atoms with Crippen molar-refractivity contribution in [2.45, 2.75) is 20.5 Å². The molecule has 0 radical (unpaired) electrons. The first-order chi connectivity index (χ1) is 15.3. The number of ether oxygens (including phenoxy) is 1. The van der Waals surface area contributed by atoms with E-state index in [1.807, 2.05) is 68.5 Å². The summed E-state index contributed by atoms with van der Waals surface area (Å²) >= 11 is 18.9. The predicted octanol–water partition coefficient (Wildman–Crippen LogP) is 7.60.